The lowest BCUT2D eigenvalue weighted by molar-refractivity contribution is -0.121. The van der Waals surface area contributed by atoms with Crippen LogP contribution in [0.5, 0.6) is 0 Å². The van der Waals surface area contributed by atoms with Crippen LogP contribution in [0.15, 0.2) is 48.5 Å². The maximum absolute atomic E-state index is 11.9. The van der Waals surface area contributed by atoms with Gasteiger partial charge in [-0.25, -0.2) is 4.79 Å². The van der Waals surface area contributed by atoms with Crippen molar-refractivity contribution in [3.05, 3.63) is 70.8 Å². The zero-order chi connectivity index (χ0) is 16.7. The van der Waals surface area contributed by atoms with Crippen molar-refractivity contribution in [3.63, 3.8) is 0 Å². The number of carboxylic acids is 1. The third-order valence-electron chi connectivity index (χ3n) is 3.73. The zero-order valence-electron chi connectivity index (χ0n) is 13.2. The van der Waals surface area contributed by atoms with Crippen LogP contribution in [0.1, 0.15) is 33.5 Å². The van der Waals surface area contributed by atoms with Crippen LogP contribution in [-0.4, -0.2) is 23.5 Å². The van der Waals surface area contributed by atoms with Gasteiger partial charge in [0.25, 0.3) is 0 Å². The minimum Gasteiger partial charge on any atom is -0.478 e. The summed E-state index contributed by atoms with van der Waals surface area (Å²) in [5, 5.41) is 12.0. The third-order valence-corrected chi connectivity index (χ3v) is 3.73. The molecule has 4 heteroatoms. The summed E-state index contributed by atoms with van der Waals surface area (Å²) in [6, 6.07) is 15.0. The van der Waals surface area contributed by atoms with Crippen LogP contribution < -0.4 is 5.32 Å². The van der Waals surface area contributed by atoms with Crippen molar-refractivity contribution in [2.45, 2.75) is 26.2 Å². The lowest BCUT2D eigenvalue weighted by Crippen LogP contribution is -2.26. The normalized spacial score (nSPS) is 10.3. The molecule has 0 spiro atoms. The number of nitrogens with one attached hydrogen (secondary N) is 1. The zero-order valence-corrected chi connectivity index (χ0v) is 13.2. The van der Waals surface area contributed by atoms with Crippen LogP contribution in [0.3, 0.4) is 0 Å². The summed E-state index contributed by atoms with van der Waals surface area (Å²) in [6.45, 7) is 2.63. The molecule has 2 N–H and O–H groups in total. The van der Waals surface area contributed by atoms with Crippen LogP contribution in [0.2, 0.25) is 0 Å². The number of aromatic carboxylic acids is 1. The van der Waals surface area contributed by atoms with E-state index < -0.39 is 5.97 Å². The molecule has 0 atom stereocenters. The van der Waals surface area contributed by atoms with E-state index in [1.807, 2.05) is 6.92 Å². The molecule has 0 saturated carbocycles. The van der Waals surface area contributed by atoms with Crippen LogP contribution in [-0.2, 0) is 17.6 Å². The highest BCUT2D eigenvalue weighted by Gasteiger charge is 2.10. The van der Waals surface area contributed by atoms with Crippen molar-refractivity contribution in [2.24, 2.45) is 0 Å². The van der Waals surface area contributed by atoms with E-state index in [0.717, 1.165) is 6.42 Å². The Bertz CT molecular complexity index is 677. The molecule has 0 aliphatic carbocycles. The number of carbonyl (C=O) groups is 2. The molecule has 0 aliphatic heterocycles. The van der Waals surface area contributed by atoms with Crippen molar-refractivity contribution >= 4 is 11.9 Å². The summed E-state index contributed by atoms with van der Waals surface area (Å²) in [5.41, 5.74) is 3.36. The van der Waals surface area contributed by atoms with E-state index in [4.69, 9.17) is 5.11 Å². The number of amides is 1. The summed E-state index contributed by atoms with van der Waals surface area (Å²) in [6.07, 6.45) is 1.51. The fraction of sp³-hybridized carbons (Fsp3) is 0.263. The Balaban J connectivity index is 1.77. The Kier molecular flexibility index (Phi) is 5.92. The summed E-state index contributed by atoms with van der Waals surface area (Å²) in [4.78, 5) is 23.0. The number of carboxylic acid groups (broad SMARTS) is 1. The highest BCUT2D eigenvalue weighted by atomic mass is 16.4. The molecular weight excluding hydrogens is 290 g/mol. The van der Waals surface area contributed by atoms with Crippen LogP contribution in [0.4, 0.5) is 0 Å². The largest absolute Gasteiger partial charge is 0.478 e. The van der Waals surface area contributed by atoms with Crippen LogP contribution >= 0.6 is 0 Å². The Morgan fingerprint density at radius 3 is 2.39 bits per heavy atom. The first-order valence-corrected chi connectivity index (χ1v) is 7.69. The van der Waals surface area contributed by atoms with Crippen molar-refractivity contribution in [2.75, 3.05) is 6.54 Å². The van der Waals surface area contributed by atoms with Gasteiger partial charge in [-0.15, -0.1) is 0 Å². The average Bonchev–Trinajstić information content (AvgIpc) is 2.55. The quantitative estimate of drug-likeness (QED) is 0.826. The monoisotopic (exact) mass is 311 g/mol. The Morgan fingerprint density at radius 2 is 1.70 bits per heavy atom. The van der Waals surface area contributed by atoms with Gasteiger partial charge >= 0.3 is 5.97 Å². The first-order chi connectivity index (χ1) is 11.1. The molecule has 0 fully saturated rings. The summed E-state index contributed by atoms with van der Waals surface area (Å²) < 4.78 is 0. The second-order valence-electron chi connectivity index (χ2n) is 5.55. The minimum atomic E-state index is -0.958. The molecule has 2 aromatic rings. The molecule has 0 saturated heterocycles. The lowest BCUT2D eigenvalue weighted by Gasteiger charge is -2.07. The van der Waals surface area contributed by atoms with E-state index in [1.165, 1.54) is 11.1 Å². The second kappa shape index (κ2) is 8.13. The standard InChI is InChI=1S/C19H21NO3/c1-14-6-8-15(9-7-14)12-13-20-18(21)11-10-16-4-2-3-5-17(16)19(22)23/h2-9H,10-13H2,1H3,(H,20,21)(H,22,23). The summed E-state index contributed by atoms with van der Waals surface area (Å²) >= 11 is 0. The van der Waals surface area contributed by atoms with E-state index in [1.54, 1.807) is 24.3 Å². The Morgan fingerprint density at radius 1 is 1.00 bits per heavy atom. The van der Waals surface area contributed by atoms with E-state index in [-0.39, 0.29) is 17.9 Å². The molecule has 0 heterocycles. The van der Waals surface area contributed by atoms with Crippen molar-refractivity contribution < 1.29 is 14.7 Å². The Hall–Kier alpha value is -2.62. The van der Waals surface area contributed by atoms with Gasteiger partial charge in [0, 0.05) is 13.0 Å². The SMILES string of the molecule is Cc1ccc(CCNC(=O)CCc2ccccc2C(=O)O)cc1. The number of aryl methyl sites for hydroxylation is 2. The molecule has 4 nitrogen and oxygen atoms in total. The van der Waals surface area contributed by atoms with Crippen molar-refractivity contribution in [1.29, 1.82) is 0 Å². The van der Waals surface area contributed by atoms with Gasteiger partial charge in [-0.1, -0.05) is 48.0 Å². The van der Waals surface area contributed by atoms with Crippen molar-refractivity contribution in [1.82, 2.24) is 5.32 Å². The first-order valence-electron chi connectivity index (χ1n) is 7.69. The van der Waals surface area contributed by atoms with Gasteiger partial charge in [0.1, 0.15) is 0 Å². The predicted octanol–water partition coefficient (Wildman–Crippen LogP) is 2.98. The van der Waals surface area contributed by atoms with E-state index in [9.17, 15) is 9.59 Å². The van der Waals surface area contributed by atoms with Crippen LogP contribution in [0, 0.1) is 6.92 Å². The molecule has 0 radical (unpaired) electrons. The first kappa shape index (κ1) is 16.7. The molecule has 1 amide bonds. The van der Waals surface area contributed by atoms with E-state index >= 15 is 0 Å². The highest BCUT2D eigenvalue weighted by molar-refractivity contribution is 5.89. The second-order valence-corrected chi connectivity index (χ2v) is 5.55. The molecule has 2 rings (SSSR count). The average molecular weight is 311 g/mol. The predicted molar refractivity (Wildman–Crippen MR) is 89.6 cm³/mol. The van der Waals surface area contributed by atoms with Gasteiger partial charge in [0.15, 0.2) is 0 Å². The summed E-state index contributed by atoms with van der Waals surface area (Å²) in [7, 11) is 0. The number of rotatable bonds is 7. The molecule has 0 bridgehead atoms. The van der Waals surface area contributed by atoms with Gasteiger partial charge in [-0.05, 0) is 37.0 Å². The minimum absolute atomic E-state index is 0.0581. The van der Waals surface area contributed by atoms with Crippen molar-refractivity contribution in [3.8, 4) is 0 Å². The maximum Gasteiger partial charge on any atom is 0.335 e. The van der Waals surface area contributed by atoms with Gasteiger partial charge in [0.05, 0.1) is 5.56 Å². The van der Waals surface area contributed by atoms with Gasteiger partial charge in [-0.3, -0.25) is 4.79 Å². The van der Waals surface area contributed by atoms with Gasteiger partial charge < -0.3 is 10.4 Å². The van der Waals surface area contributed by atoms with Gasteiger partial charge in [0.2, 0.25) is 5.91 Å². The number of hydrogen-bond acceptors (Lipinski definition) is 2. The topological polar surface area (TPSA) is 66.4 Å². The van der Waals surface area contributed by atoms with E-state index in [2.05, 4.69) is 29.6 Å². The highest BCUT2D eigenvalue weighted by Crippen LogP contribution is 2.11. The number of carbonyl (C=O) groups excluding carboxylic acids is 1. The number of hydrogen-bond donors (Lipinski definition) is 2. The fourth-order valence-electron chi connectivity index (χ4n) is 2.38. The number of benzene rings is 2. The van der Waals surface area contributed by atoms with E-state index in [0.29, 0.717) is 18.5 Å². The molecule has 2 aromatic carbocycles. The summed E-state index contributed by atoms with van der Waals surface area (Å²) in [5.74, 6) is -1.02. The fourth-order valence-corrected chi connectivity index (χ4v) is 2.38. The van der Waals surface area contributed by atoms with Gasteiger partial charge in [-0.2, -0.15) is 0 Å². The molecule has 0 unspecified atom stereocenters. The lowest BCUT2D eigenvalue weighted by atomic mass is 10.0. The smallest absolute Gasteiger partial charge is 0.335 e. The Labute approximate surface area is 136 Å². The molecule has 0 aromatic heterocycles. The molecular formula is C19H21NO3. The molecule has 120 valence electrons. The van der Waals surface area contributed by atoms with Crippen LogP contribution in [0.25, 0.3) is 0 Å². The molecule has 0 aliphatic rings. The third kappa shape index (κ3) is 5.25. The maximum atomic E-state index is 11.9. The molecule has 23 heavy (non-hydrogen) atoms.